The second-order valence-corrected chi connectivity index (χ2v) is 4.41. The van der Waals surface area contributed by atoms with Crippen LogP contribution < -0.4 is 5.32 Å². The quantitative estimate of drug-likeness (QED) is 0.621. The second-order valence-electron chi connectivity index (χ2n) is 4.41. The fourth-order valence-electron chi connectivity index (χ4n) is 1.10. The van der Waals surface area contributed by atoms with Gasteiger partial charge in [0.15, 0.2) is 0 Å². The normalized spacial score (nSPS) is 14.8. The molecule has 12 heavy (non-hydrogen) atoms. The summed E-state index contributed by atoms with van der Waals surface area (Å²) < 4.78 is 0. The molecule has 2 nitrogen and oxygen atoms in total. The number of aliphatic hydroxyl groups excluding tert-OH is 1. The summed E-state index contributed by atoms with van der Waals surface area (Å²) in [6.07, 6.45) is 2.39. The Hall–Kier alpha value is -0.0800. The molecule has 0 rings (SSSR count). The molecule has 74 valence electrons. The van der Waals surface area contributed by atoms with Crippen molar-refractivity contribution in [3.8, 4) is 0 Å². The summed E-state index contributed by atoms with van der Waals surface area (Å²) in [6, 6.07) is 0.226. The maximum atomic E-state index is 9.10. The first-order chi connectivity index (χ1) is 5.52. The van der Waals surface area contributed by atoms with Crippen LogP contribution in [-0.2, 0) is 0 Å². The molecule has 0 heterocycles. The van der Waals surface area contributed by atoms with Crippen molar-refractivity contribution in [3.05, 3.63) is 0 Å². The molecule has 0 aromatic rings. The van der Waals surface area contributed by atoms with E-state index < -0.39 is 0 Å². The highest BCUT2D eigenvalue weighted by atomic mass is 16.3. The van der Waals surface area contributed by atoms with Crippen LogP contribution in [0.1, 0.15) is 40.5 Å². The lowest BCUT2D eigenvalue weighted by molar-refractivity contribution is 0.159. The minimum atomic E-state index is 0.155. The summed E-state index contributed by atoms with van der Waals surface area (Å²) in [5, 5.41) is 12.5. The molecule has 0 saturated heterocycles. The molecule has 0 aliphatic carbocycles. The summed E-state index contributed by atoms with van der Waals surface area (Å²) in [7, 11) is 0. The van der Waals surface area contributed by atoms with Crippen LogP contribution in [0.15, 0.2) is 0 Å². The van der Waals surface area contributed by atoms with Crippen LogP contribution in [0, 0.1) is 5.41 Å². The van der Waals surface area contributed by atoms with Crippen molar-refractivity contribution in [2.24, 2.45) is 5.41 Å². The van der Waals surface area contributed by atoms with Gasteiger partial charge in [0.25, 0.3) is 0 Å². The summed E-state index contributed by atoms with van der Waals surface area (Å²) >= 11 is 0. The highest BCUT2D eigenvalue weighted by molar-refractivity contribution is 4.79. The minimum absolute atomic E-state index is 0.155. The van der Waals surface area contributed by atoms with Crippen LogP contribution in [0.5, 0.6) is 0 Å². The van der Waals surface area contributed by atoms with Crippen LogP contribution in [0.4, 0.5) is 0 Å². The van der Waals surface area contributed by atoms with E-state index >= 15 is 0 Å². The van der Waals surface area contributed by atoms with Gasteiger partial charge in [0.2, 0.25) is 0 Å². The molecule has 1 atom stereocenters. The Morgan fingerprint density at radius 2 is 1.92 bits per heavy atom. The molecule has 0 unspecified atom stereocenters. The van der Waals surface area contributed by atoms with Crippen molar-refractivity contribution < 1.29 is 5.11 Å². The molecule has 0 aromatic carbocycles. The van der Waals surface area contributed by atoms with Crippen LogP contribution in [-0.4, -0.2) is 24.3 Å². The average molecular weight is 173 g/mol. The molecule has 2 N–H and O–H groups in total. The number of rotatable bonds is 5. The maximum absolute atomic E-state index is 9.10. The summed E-state index contributed by atoms with van der Waals surface area (Å²) in [5.74, 6) is 0. The van der Waals surface area contributed by atoms with Gasteiger partial charge in [-0.3, -0.25) is 0 Å². The summed E-state index contributed by atoms with van der Waals surface area (Å²) in [5.41, 5.74) is 0.155. The van der Waals surface area contributed by atoms with E-state index in [0.29, 0.717) is 0 Å². The first kappa shape index (κ1) is 11.9. The van der Waals surface area contributed by atoms with Crippen LogP contribution in [0.25, 0.3) is 0 Å². The van der Waals surface area contributed by atoms with Crippen molar-refractivity contribution in [3.63, 3.8) is 0 Å². The van der Waals surface area contributed by atoms with E-state index in [1.165, 1.54) is 12.8 Å². The van der Waals surface area contributed by atoms with Gasteiger partial charge >= 0.3 is 0 Å². The molecule has 0 saturated carbocycles. The van der Waals surface area contributed by atoms with Gasteiger partial charge in [-0.05, 0) is 18.4 Å². The van der Waals surface area contributed by atoms with Gasteiger partial charge in [-0.2, -0.15) is 0 Å². The number of hydrogen-bond acceptors (Lipinski definition) is 2. The molecule has 0 amide bonds. The van der Waals surface area contributed by atoms with E-state index in [0.717, 1.165) is 6.54 Å². The molecule has 2 heteroatoms. The topological polar surface area (TPSA) is 32.3 Å². The summed E-state index contributed by atoms with van der Waals surface area (Å²) in [4.78, 5) is 0. The van der Waals surface area contributed by atoms with Crippen LogP contribution in [0.2, 0.25) is 0 Å². The molecule has 0 aliphatic rings. The fourth-order valence-corrected chi connectivity index (χ4v) is 1.10. The first-order valence-electron chi connectivity index (χ1n) is 4.86. The third kappa shape index (κ3) is 4.73. The average Bonchev–Trinajstić information content (AvgIpc) is 1.95. The number of unbranched alkanes of at least 4 members (excludes halogenated alkanes) is 1. The Morgan fingerprint density at radius 3 is 2.25 bits per heavy atom. The molecule has 0 aromatic heterocycles. The van der Waals surface area contributed by atoms with E-state index in [-0.39, 0.29) is 18.1 Å². The third-order valence-corrected chi connectivity index (χ3v) is 2.15. The second kappa shape index (κ2) is 5.55. The van der Waals surface area contributed by atoms with Gasteiger partial charge < -0.3 is 10.4 Å². The Morgan fingerprint density at radius 1 is 1.33 bits per heavy atom. The molecule has 0 fully saturated rings. The molecule has 0 aliphatic heterocycles. The Kier molecular flexibility index (Phi) is 5.51. The van der Waals surface area contributed by atoms with Crippen LogP contribution in [0.3, 0.4) is 0 Å². The fraction of sp³-hybridized carbons (Fsp3) is 1.00. The minimum Gasteiger partial charge on any atom is -0.395 e. The highest BCUT2D eigenvalue weighted by Gasteiger charge is 2.22. The zero-order valence-corrected chi connectivity index (χ0v) is 8.85. The Balaban J connectivity index is 3.68. The standard InChI is InChI=1S/C10H23NO/c1-5-6-7-11-9(8-12)10(2,3)4/h9,11-12H,5-8H2,1-4H3/t9-/m0/s1. The first-order valence-corrected chi connectivity index (χ1v) is 4.86. The maximum Gasteiger partial charge on any atom is 0.0589 e. The van der Waals surface area contributed by atoms with E-state index in [1.807, 2.05) is 0 Å². The number of aliphatic hydroxyl groups is 1. The van der Waals surface area contributed by atoms with Gasteiger partial charge in [0, 0.05) is 6.04 Å². The van der Waals surface area contributed by atoms with E-state index in [4.69, 9.17) is 5.11 Å². The molecule has 0 radical (unpaired) electrons. The predicted molar refractivity (Wildman–Crippen MR) is 53.2 cm³/mol. The number of nitrogens with one attached hydrogen (secondary N) is 1. The van der Waals surface area contributed by atoms with Crippen molar-refractivity contribution in [1.29, 1.82) is 0 Å². The van der Waals surface area contributed by atoms with Gasteiger partial charge in [-0.25, -0.2) is 0 Å². The zero-order chi connectivity index (χ0) is 9.61. The molecular formula is C10H23NO. The van der Waals surface area contributed by atoms with Gasteiger partial charge in [-0.1, -0.05) is 34.1 Å². The van der Waals surface area contributed by atoms with Gasteiger partial charge in [0.05, 0.1) is 6.61 Å². The smallest absolute Gasteiger partial charge is 0.0589 e. The van der Waals surface area contributed by atoms with Crippen molar-refractivity contribution >= 4 is 0 Å². The van der Waals surface area contributed by atoms with Gasteiger partial charge in [-0.15, -0.1) is 0 Å². The van der Waals surface area contributed by atoms with Crippen molar-refractivity contribution in [2.75, 3.05) is 13.2 Å². The van der Waals surface area contributed by atoms with E-state index in [2.05, 4.69) is 33.0 Å². The van der Waals surface area contributed by atoms with Gasteiger partial charge in [0.1, 0.15) is 0 Å². The zero-order valence-electron chi connectivity index (χ0n) is 8.85. The highest BCUT2D eigenvalue weighted by Crippen LogP contribution is 2.18. The van der Waals surface area contributed by atoms with E-state index in [1.54, 1.807) is 0 Å². The van der Waals surface area contributed by atoms with Crippen LogP contribution >= 0.6 is 0 Å². The van der Waals surface area contributed by atoms with Crippen molar-refractivity contribution in [1.82, 2.24) is 5.32 Å². The van der Waals surface area contributed by atoms with E-state index in [9.17, 15) is 0 Å². The number of hydrogen-bond donors (Lipinski definition) is 2. The lowest BCUT2D eigenvalue weighted by Crippen LogP contribution is -2.43. The lowest BCUT2D eigenvalue weighted by atomic mass is 9.87. The predicted octanol–water partition coefficient (Wildman–Crippen LogP) is 1.78. The molecule has 0 spiro atoms. The van der Waals surface area contributed by atoms with Crippen molar-refractivity contribution in [2.45, 2.75) is 46.6 Å². The molecule has 0 bridgehead atoms. The Labute approximate surface area is 76.4 Å². The lowest BCUT2D eigenvalue weighted by Gasteiger charge is -2.30. The monoisotopic (exact) mass is 173 g/mol. The Bertz CT molecular complexity index is 107. The largest absolute Gasteiger partial charge is 0.395 e. The molecular weight excluding hydrogens is 150 g/mol. The SMILES string of the molecule is CCCCN[C@@H](CO)C(C)(C)C. The third-order valence-electron chi connectivity index (χ3n) is 2.15. The summed E-state index contributed by atoms with van der Waals surface area (Å²) in [6.45, 7) is 9.85.